The predicted molar refractivity (Wildman–Crippen MR) is 136 cm³/mol. The van der Waals surface area contributed by atoms with E-state index in [0.717, 1.165) is 11.6 Å². The minimum absolute atomic E-state index is 0.171. The van der Waals surface area contributed by atoms with Gasteiger partial charge in [-0.05, 0) is 64.1 Å². The molecule has 0 bridgehead atoms. The zero-order chi connectivity index (χ0) is 27.7. The van der Waals surface area contributed by atoms with Crippen molar-refractivity contribution in [1.82, 2.24) is 4.98 Å². The van der Waals surface area contributed by atoms with E-state index >= 15 is 0 Å². The molecule has 4 rings (SSSR count). The summed E-state index contributed by atoms with van der Waals surface area (Å²) in [5.74, 6) is 1.37. The predicted octanol–water partition coefficient (Wildman–Crippen LogP) is 7.06. The van der Waals surface area contributed by atoms with Crippen LogP contribution in [-0.4, -0.2) is 29.2 Å². The van der Waals surface area contributed by atoms with E-state index in [1.807, 2.05) is 26.8 Å². The maximum atomic E-state index is 12.8. The summed E-state index contributed by atoms with van der Waals surface area (Å²) < 4.78 is 61.3. The quantitative estimate of drug-likeness (QED) is 0.323. The fourth-order valence-electron chi connectivity index (χ4n) is 3.87. The number of halogens is 4. The number of pyridine rings is 1. The van der Waals surface area contributed by atoms with E-state index in [1.165, 1.54) is 12.1 Å². The molecular formula is C27H26ClF3N2O5. The summed E-state index contributed by atoms with van der Waals surface area (Å²) in [4.78, 5) is 16.5. The van der Waals surface area contributed by atoms with Crippen molar-refractivity contribution in [3.63, 3.8) is 0 Å². The number of fused-ring (bicyclic) bond motifs is 1. The van der Waals surface area contributed by atoms with Gasteiger partial charge in [0.2, 0.25) is 5.88 Å². The zero-order valence-corrected chi connectivity index (χ0v) is 21.9. The number of carbonyl (C=O) groups excluding carboxylic acids is 1. The highest BCUT2D eigenvalue weighted by atomic mass is 35.5. The van der Waals surface area contributed by atoms with E-state index in [0.29, 0.717) is 42.2 Å². The fraction of sp³-hybridized carbons (Fsp3) is 0.333. The van der Waals surface area contributed by atoms with Crippen LogP contribution in [0.25, 0.3) is 0 Å². The molecule has 202 valence electrons. The molecule has 0 saturated carbocycles. The number of carbonyl (C=O) groups is 1. The second-order valence-electron chi connectivity index (χ2n) is 9.27. The number of anilines is 1. The third-order valence-corrected chi connectivity index (χ3v) is 5.82. The van der Waals surface area contributed by atoms with E-state index in [-0.39, 0.29) is 28.2 Å². The second kappa shape index (κ2) is 10.6. The normalized spacial score (nSPS) is 14.7. The van der Waals surface area contributed by atoms with Crippen LogP contribution < -0.4 is 24.3 Å². The van der Waals surface area contributed by atoms with Crippen LogP contribution >= 0.6 is 11.6 Å². The fourth-order valence-corrected chi connectivity index (χ4v) is 4.07. The number of ether oxygens (including phenoxy) is 4. The van der Waals surface area contributed by atoms with Crippen molar-refractivity contribution in [2.24, 2.45) is 0 Å². The van der Waals surface area contributed by atoms with Gasteiger partial charge in [-0.25, -0.2) is 4.98 Å². The Kier molecular flexibility index (Phi) is 7.64. The van der Waals surface area contributed by atoms with Crippen molar-refractivity contribution in [1.29, 1.82) is 0 Å². The highest BCUT2D eigenvalue weighted by Gasteiger charge is 2.34. The van der Waals surface area contributed by atoms with Gasteiger partial charge in [0.05, 0.1) is 12.2 Å². The monoisotopic (exact) mass is 550 g/mol. The number of rotatable bonds is 8. The Morgan fingerprint density at radius 1 is 1.18 bits per heavy atom. The Morgan fingerprint density at radius 2 is 1.87 bits per heavy atom. The number of nitrogens with one attached hydrogen (secondary N) is 1. The number of hydrogen-bond acceptors (Lipinski definition) is 6. The lowest BCUT2D eigenvalue weighted by atomic mass is 10.0. The van der Waals surface area contributed by atoms with Crippen molar-refractivity contribution in [3.8, 4) is 28.9 Å². The average molecular weight is 551 g/mol. The van der Waals surface area contributed by atoms with Crippen LogP contribution in [0.3, 0.4) is 0 Å². The lowest BCUT2D eigenvalue weighted by Crippen LogP contribution is -2.30. The lowest BCUT2D eigenvalue weighted by Gasteiger charge is -2.18. The molecule has 7 nitrogen and oxygen atoms in total. The summed E-state index contributed by atoms with van der Waals surface area (Å²) in [5.41, 5.74) is 0.176. The van der Waals surface area contributed by atoms with Gasteiger partial charge in [0.25, 0.3) is 5.91 Å². The van der Waals surface area contributed by atoms with Crippen LogP contribution in [0.15, 0.2) is 48.7 Å². The molecule has 1 N–H and O–H groups in total. The van der Waals surface area contributed by atoms with Crippen molar-refractivity contribution in [3.05, 3.63) is 64.8 Å². The topological polar surface area (TPSA) is 78.9 Å². The minimum Gasteiger partial charge on any atom is -0.490 e. The van der Waals surface area contributed by atoms with E-state index < -0.39 is 17.8 Å². The van der Waals surface area contributed by atoms with E-state index in [2.05, 4.69) is 10.3 Å². The number of hydrogen-bond donors (Lipinski definition) is 1. The molecule has 3 aromatic rings. The summed E-state index contributed by atoms with van der Waals surface area (Å²) in [6.45, 7) is 7.91. The second-order valence-corrected chi connectivity index (χ2v) is 9.67. The smallest absolute Gasteiger partial charge is 0.417 e. The molecule has 2 aromatic carbocycles. The molecule has 0 spiro atoms. The SMILES string of the molecule is CCOc1cc(NC(=O)[C@@H](C)Oc2ccc(Oc3ncc(C(F)(F)F)cc3Cl)cc2)cc2c1OC(C)(C)C2. The van der Waals surface area contributed by atoms with Crippen molar-refractivity contribution >= 4 is 23.2 Å². The molecular weight excluding hydrogens is 525 g/mol. The molecule has 2 heterocycles. The van der Waals surface area contributed by atoms with Gasteiger partial charge >= 0.3 is 6.18 Å². The number of aromatic nitrogens is 1. The molecule has 1 amide bonds. The van der Waals surface area contributed by atoms with Gasteiger partial charge in [-0.2, -0.15) is 13.2 Å². The molecule has 1 aliphatic rings. The van der Waals surface area contributed by atoms with Crippen LogP contribution in [0.2, 0.25) is 5.02 Å². The van der Waals surface area contributed by atoms with Gasteiger partial charge in [-0.3, -0.25) is 4.79 Å². The maximum Gasteiger partial charge on any atom is 0.417 e. The summed E-state index contributed by atoms with van der Waals surface area (Å²) in [7, 11) is 0. The van der Waals surface area contributed by atoms with E-state index in [9.17, 15) is 18.0 Å². The minimum atomic E-state index is -4.56. The first-order chi connectivity index (χ1) is 17.8. The van der Waals surface area contributed by atoms with Crippen LogP contribution in [0.4, 0.5) is 18.9 Å². The molecule has 38 heavy (non-hydrogen) atoms. The molecule has 0 saturated heterocycles. The van der Waals surface area contributed by atoms with Crippen LogP contribution in [-0.2, 0) is 17.4 Å². The van der Waals surface area contributed by atoms with Gasteiger partial charge in [0.15, 0.2) is 17.6 Å². The van der Waals surface area contributed by atoms with Crippen LogP contribution in [0, 0.1) is 0 Å². The number of amides is 1. The van der Waals surface area contributed by atoms with Crippen LogP contribution in [0.5, 0.6) is 28.9 Å². The van der Waals surface area contributed by atoms with E-state index in [1.54, 1.807) is 25.1 Å². The van der Waals surface area contributed by atoms with Crippen LogP contribution in [0.1, 0.15) is 38.8 Å². The zero-order valence-electron chi connectivity index (χ0n) is 21.1. The van der Waals surface area contributed by atoms with Gasteiger partial charge in [0.1, 0.15) is 22.1 Å². The Balaban J connectivity index is 1.38. The standard InChI is InChI=1S/C27H26ClF3N2O5/c1-5-35-22-12-18(10-16-13-26(3,4)38-23(16)22)33-24(34)15(2)36-19-6-8-20(9-7-19)37-25-21(28)11-17(14-32-25)27(29,30)31/h6-12,14-15H,5,13H2,1-4H3,(H,33,34)/t15-/m1/s1. The third kappa shape index (κ3) is 6.42. The Hall–Kier alpha value is -3.66. The summed E-state index contributed by atoms with van der Waals surface area (Å²) in [6.07, 6.45) is -4.08. The molecule has 1 atom stereocenters. The first kappa shape index (κ1) is 27.4. The van der Waals surface area contributed by atoms with Gasteiger partial charge in [-0.1, -0.05) is 11.6 Å². The van der Waals surface area contributed by atoms with E-state index in [4.69, 9.17) is 30.5 Å². The number of benzene rings is 2. The molecule has 1 aliphatic heterocycles. The highest BCUT2D eigenvalue weighted by molar-refractivity contribution is 6.31. The highest BCUT2D eigenvalue weighted by Crippen LogP contribution is 2.44. The van der Waals surface area contributed by atoms with Crippen molar-refractivity contribution in [2.45, 2.75) is 52.0 Å². The molecule has 0 fully saturated rings. The summed E-state index contributed by atoms with van der Waals surface area (Å²) in [6, 6.07) is 10.5. The van der Waals surface area contributed by atoms with Crippen molar-refractivity contribution < 1.29 is 36.9 Å². The van der Waals surface area contributed by atoms with Gasteiger partial charge in [0, 0.05) is 29.9 Å². The van der Waals surface area contributed by atoms with Crippen molar-refractivity contribution in [2.75, 3.05) is 11.9 Å². The Labute approximate surface area is 222 Å². The molecule has 11 heteroatoms. The van der Waals surface area contributed by atoms with Gasteiger partial charge in [-0.15, -0.1) is 0 Å². The maximum absolute atomic E-state index is 12.8. The first-order valence-corrected chi connectivity index (χ1v) is 12.2. The number of alkyl halides is 3. The summed E-state index contributed by atoms with van der Waals surface area (Å²) in [5, 5.41) is 2.58. The summed E-state index contributed by atoms with van der Waals surface area (Å²) >= 11 is 5.89. The molecule has 0 unspecified atom stereocenters. The Bertz CT molecular complexity index is 1330. The largest absolute Gasteiger partial charge is 0.490 e. The lowest BCUT2D eigenvalue weighted by molar-refractivity contribution is -0.137. The average Bonchev–Trinajstić information content (AvgIpc) is 3.15. The number of nitrogens with zero attached hydrogens (tertiary/aromatic N) is 1. The first-order valence-electron chi connectivity index (χ1n) is 11.8. The Morgan fingerprint density at radius 3 is 2.50 bits per heavy atom. The van der Waals surface area contributed by atoms with Gasteiger partial charge < -0.3 is 24.3 Å². The molecule has 1 aromatic heterocycles. The molecule has 0 aliphatic carbocycles. The molecule has 0 radical (unpaired) electrons. The third-order valence-electron chi connectivity index (χ3n) is 5.55.